The average Bonchev–Trinajstić information content (AvgIpc) is 3.45. The molecule has 32 heavy (non-hydrogen) atoms. The minimum absolute atomic E-state index is 0.0274. The largest absolute Gasteiger partial charge is 0.350 e. The van der Waals surface area contributed by atoms with Crippen LogP contribution in [0.1, 0.15) is 18.4 Å². The van der Waals surface area contributed by atoms with Gasteiger partial charge < -0.3 is 16.0 Å². The van der Waals surface area contributed by atoms with E-state index in [2.05, 4.69) is 21.0 Å². The molecule has 2 aromatic heterocycles. The van der Waals surface area contributed by atoms with Crippen molar-refractivity contribution in [2.24, 2.45) is 0 Å². The Balaban J connectivity index is 1.41. The van der Waals surface area contributed by atoms with Crippen molar-refractivity contribution >= 4 is 23.2 Å². The summed E-state index contributed by atoms with van der Waals surface area (Å²) in [6.07, 6.45) is 2.52. The van der Waals surface area contributed by atoms with Crippen LogP contribution in [0.2, 0.25) is 0 Å². The molecule has 0 atom stereocenters. The third-order valence-corrected chi connectivity index (χ3v) is 6.34. The Morgan fingerprint density at radius 3 is 2.72 bits per heavy atom. The maximum atomic E-state index is 13.9. The molecule has 0 unspecified atom stereocenters. The second-order valence-electron chi connectivity index (χ2n) is 7.67. The van der Waals surface area contributed by atoms with E-state index < -0.39 is 23.1 Å². The molecule has 7 nitrogen and oxygen atoms in total. The molecule has 3 N–H and O–H groups in total. The van der Waals surface area contributed by atoms with Crippen LogP contribution in [0.5, 0.6) is 0 Å². The van der Waals surface area contributed by atoms with E-state index in [1.54, 1.807) is 17.5 Å². The molecule has 2 amide bonds. The maximum absolute atomic E-state index is 13.9. The number of halogens is 2. The van der Waals surface area contributed by atoms with Gasteiger partial charge >= 0.3 is 0 Å². The zero-order valence-electron chi connectivity index (χ0n) is 17.2. The van der Waals surface area contributed by atoms with E-state index in [9.17, 15) is 18.4 Å². The molecule has 3 heterocycles. The molecule has 0 radical (unpaired) electrons. The number of nitrogens with zero attached hydrogens (tertiary/aromatic N) is 2. The second-order valence-corrected chi connectivity index (χ2v) is 8.62. The number of carbonyl (C=O) groups is 2. The molecule has 0 spiro atoms. The Morgan fingerprint density at radius 2 is 2.00 bits per heavy atom. The quantitative estimate of drug-likeness (QED) is 0.507. The maximum Gasteiger partial charge on any atom is 0.246 e. The normalized spacial score (nSPS) is 15.3. The summed E-state index contributed by atoms with van der Waals surface area (Å²) in [5.41, 5.74) is -0.154. The zero-order valence-corrected chi connectivity index (χ0v) is 18.1. The van der Waals surface area contributed by atoms with Crippen molar-refractivity contribution in [3.8, 4) is 10.6 Å². The van der Waals surface area contributed by atoms with Crippen LogP contribution in [0, 0.1) is 11.6 Å². The number of thiophene rings is 1. The molecule has 0 bridgehead atoms. The van der Waals surface area contributed by atoms with Crippen molar-refractivity contribution in [3.05, 3.63) is 65.2 Å². The Hall–Kier alpha value is -3.11. The lowest BCUT2D eigenvalue weighted by molar-refractivity contribution is -0.135. The van der Waals surface area contributed by atoms with Gasteiger partial charge in [0.05, 0.1) is 4.88 Å². The number of rotatable bonds is 7. The van der Waals surface area contributed by atoms with Crippen LogP contribution in [-0.4, -0.2) is 40.2 Å². The van der Waals surface area contributed by atoms with E-state index in [1.165, 1.54) is 10.7 Å². The Morgan fingerprint density at radius 1 is 1.19 bits per heavy atom. The lowest BCUT2D eigenvalue weighted by Gasteiger charge is -2.37. The van der Waals surface area contributed by atoms with Gasteiger partial charge in [-0.25, -0.2) is 8.78 Å². The first-order valence-electron chi connectivity index (χ1n) is 10.3. The molecule has 1 aliphatic rings. The summed E-state index contributed by atoms with van der Waals surface area (Å²) in [7, 11) is 0. The van der Waals surface area contributed by atoms with Crippen molar-refractivity contribution < 1.29 is 18.4 Å². The monoisotopic (exact) mass is 459 g/mol. The molecule has 1 aromatic carbocycles. The zero-order chi connectivity index (χ0) is 22.6. The smallest absolute Gasteiger partial charge is 0.246 e. The highest BCUT2D eigenvalue weighted by molar-refractivity contribution is 7.13. The van der Waals surface area contributed by atoms with E-state index in [0.717, 1.165) is 22.7 Å². The first kappa shape index (κ1) is 22.1. The summed E-state index contributed by atoms with van der Waals surface area (Å²) < 4.78 is 28.6. The summed E-state index contributed by atoms with van der Waals surface area (Å²) in [5, 5.41) is 15.1. The van der Waals surface area contributed by atoms with Crippen molar-refractivity contribution in [1.82, 2.24) is 25.7 Å². The lowest BCUT2D eigenvalue weighted by atomic mass is 9.87. The number of hydrogen-bond acceptors (Lipinski definition) is 5. The van der Waals surface area contributed by atoms with E-state index in [1.807, 2.05) is 23.6 Å². The van der Waals surface area contributed by atoms with Gasteiger partial charge in [0.25, 0.3) is 0 Å². The predicted octanol–water partition coefficient (Wildman–Crippen LogP) is 2.44. The fourth-order valence-electron chi connectivity index (χ4n) is 3.73. The highest BCUT2D eigenvalue weighted by atomic mass is 32.1. The van der Waals surface area contributed by atoms with Crippen LogP contribution in [0.15, 0.2) is 48.0 Å². The van der Waals surface area contributed by atoms with Gasteiger partial charge in [0.2, 0.25) is 11.8 Å². The minimum atomic E-state index is -1.11. The number of carbonyl (C=O) groups excluding carboxylic acids is 2. The van der Waals surface area contributed by atoms with E-state index in [4.69, 9.17) is 0 Å². The minimum Gasteiger partial charge on any atom is -0.350 e. The van der Waals surface area contributed by atoms with Crippen LogP contribution >= 0.6 is 11.3 Å². The van der Waals surface area contributed by atoms with Gasteiger partial charge in [-0.2, -0.15) is 5.10 Å². The molecular weight excluding hydrogens is 436 g/mol. The van der Waals surface area contributed by atoms with Crippen LogP contribution in [0.25, 0.3) is 10.6 Å². The van der Waals surface area contributed by atoms with Gasteiger partial charge in [0.1, 0.15) is 29.4 Å². The Labute approximate surface area is 187 Å². The lowest BCUT2D eigenvalue weighted by Crippen LogP contribution is -2.63. The van der Waals surface area contributed by atoms with Crippen LogP contribution in [0.4, 0.5) is 8.78 Å². The molecule has 4 rings (SSSR count). The third-order valence-electron chi connectivity index (χ3n) is 5.44. The summed E-state index contributed by atoms with van der Waals surface area (Å²) in [5.74, 6) is -2.14. The number of nitrogens with one attached hydrogen (secondary N) is 3. The summed E-state index contributed by atoms with van der Waals surface area (Å²) in [4.78, 5) is 26.8. The number of amides is 2. The standard InChI is InChI=1S/C22H23F2N5O2S/c23-16-4-3-15(17(24)12-16)13-26-21(31)22(6-8-25-9-7-22)27-20(30)14-29-10-5-18(28-29)19-2-1-11-32-19/h1-5,10-12,25H,6-9,13-14H2,(H,26,31)(H,27,30). The van der Waals surface area contributed by atoms with Gasteiger partial charge in [-0.1, -0.05) is 12.1 Å². The molecule has 10 heteroatoms. The first-order valence-corrected chi connectivity index (χ1v) is 11.1. The molecule has 1 aliphatic heterocycles. The third kappa shape index (κ3) is 5.03. The summed E-state index contributed by atoms with van der Waals surface area (Å²) in [6.45, 7) is 0.992. The molecule has 1 saturated heterocycles. The Kier molecular flexibility index (Phi) is 6.61. The number of aromatic nitrogens is 2. The highest BCUT2D eigenvalue weighted by Gasteiger charge is 2.40. The second kappa shape index (κ2) is 9.58. The number of hydrogen-bond donors (Lipinski definition) is 3. The molecule has 0 saturated carbocycles. The van der Waals surface area contributed by atoms with Crippen LogP contribution < -0.4 is 16.0 Å². The summed E-state index contributed by atoms with van der Waals surface area (Å²) in [6, 6.07) is 8.93. The van der Waals surface area contributed by atoms with Crippen molar-refractivity contribution in [2.45, 2.75) is 31.5 Å². The van der Waals surface area contributed by atoms with E-state index >= 15 is 0 Å². The molecular formula is C22H23F2N5O2S. The SMILES string of the molecule is O=C(Cn1ccc(-c2cccs2)n1)NC1(C(=O)NCc2ccc(F)cc2F)CCNCC1. The highest BCUT2D eigenvalue weighted by Crippen LogP contribution is 2.23. The van der Waals surface area contributed by atoms with Gasteiger partial charge in [-0.05, 0) is 49.5 Å². The molecule has 3 aromatic rings. The molecule has 168 valence electrons. The average molecular weight is 460 g/mol. The van der Waals surface area contributed by atoms with Gasteiger partial charge in [0, 0.05) is 24.4 Å². The fraction of sp³-hybridized carbons (Fsp3) is 0.318. The van der Waals surface area contributed by atoms with E-state index in [-0.39, 0.29) is 24.6 Å². The molecule has 1 fully saturated rings. The number of benzene rings is 1. The van der Waals surface area contributed by atoms with Crippen molar-refractivity contribution in [2.75, 3.05) is 13.1 Å². The van der Waals surface area contributed by atoms with Gasteiger partial charge in [-0.15, -0.1) is 11.3 Å². The van der Waals surface area contributed by atoms with Crippen molar-refractivity contribution in [1.29, 1.82) is 0 Å². The predicted molar refractivity (Wildman–Crippen MR) is 117 cm³/mol. The summed E-state index contributed by atoms with van der Waals surface area (Å²) >= 11 is 1.56. The van der Waals surface area contributed by atoms with Crippen LogP contribution in [-0.2, 0) is 22.7 Å². The number of piperidine rings is 1. The van der Waals surface area contributed by atoms with E-state index in [0.29, 0.717) is 25.9 Å². The Bertz CT molecular complexity index is 1090. The van der Waals surface area contributed by atoms with Gasteiger partial charge in [-0.3, -0.25) is 14.3 Å². The fourth-order valence-corrected chi connectivity index (χ4v) is 4.42. The van der Waals surface area contributed by atoms with Crippen molar-refractivity contribution in [3.63, 3.8) is 0 Å². The van der Waals surface area contributed by atoms with Gasteiger partial charge in [0.15, 0.2) is 0 Å². The topological polar surface area (TPSA) is 88.0 Å². The first-order chi connectivity index (χ1) is 15.4. The van der Waals surface area contributed by atoms with Crippen LogP contribution in [0.3, 0.4) is 0 Å². The molecule has 0 aliphatic carbocycles.